The van der Waals surface area contributed by atoms with Crippen molar-refractivity contribution in [2.45, 2.75) is 6.54 Å². The fourth-order valence-electron chi connectivity index (χ4n) is 1.64. The number of hydrogen-bond donors (Lipinski definition) is 1. The predicted molar refractivity (Wildman–Crippen MR) is 87.2 cm³/mol. The van der Waals surface area contributed by atoms with E-state index < -0.39 is 0 Å². The molecule has 0 unspecified atom stereocenters. The second-order valence-corrected chi connectivity index (χ2v) is 6.08. The molecule has 0 atom stereocenters. The average Bonchev–Trinajstić information content (AvgIpc) is 2.41. The van der Waals surface area contributed by atoms with Crippen LogP contribution in [-0.4, -0.2) is 7.11 Å². The van der Waals surface area contributed by atoms with E-state index in [4.69, 9.17) is 16.3 Å². The van der Waals surface area contributed by atoms with Gasteiger partial charge in [-0.2, -0.15) is 0 Å². The maximum absolute atomic E-state index is 5.99. The van der Waals surface area contributed by atoms with Gasteiger partial charge >= 0.3 is 0 Å². The zero-order valence-corrected chi connectivity index (χ0v) is 14.1. The molecule has 0 aliphatic rings. The van der Waals surface area contributed by atoms with Gasteiger partial charge < -0.3 is 10.1 Å². The van der Waals surface area contributed by atoms with E-state index in [1.165, 1.54) is 0 Å². The van der Waals surface area contributed by atoms with Crippen molar-refractivity contribution in [1.29, 1.82) is 0 Å². The maximum Gasteiger partial charge on any atom is 0.119 e. The van der Waals surface area contributed by atoms with Crippen LogP contribution in [0.5, 0.6) is 5.75 Å². The molecule has 2 aromatic carbocycles. The molecule has 2 aromatic rings. The van der Waals surface area contributed by atoms with Crippen LogP contribution >= 0.6 is 43.5 Å². The van der Waals surface area contributed by atoms with Crippen LogP contribution in [0, 0.1) is 0 Å². The molecule has 0 aliphatic carbocycles. The van der Waals surface area contributed by atoms with Gasteiger partial charge in [0.05, 0.1) is 12.8 Å². The molecule has 0 amide bonds. The van der Waals surface area contributed by atoms with Gasteiger partial charge in [-0.3, -0.25) is 0 Å². The van der Waals surface area contributed by atoms with Crippen molar-refractivity contribution in [3.63, 3.8) is 0 Å². The molecular formula is C14H12Br2ClNO. The van der Waals surface area contributed by atoms with Crippen LogP contribution in [0.15, 0.2) is 45.3 Å². The van der Waals surface area contributed by atoms with E-state index >= 15 is 0 Å². The summed E-state index contributed by atoms with van der Waals surface area (Å²) in [6.45, 7) is 0.677. The van der Waals surface area contributed by atoms with Gasteiger partial charge in [0, 0.05) is 20.5 Å². The van der Waals surface area contributed by atoms with Crippen LogP contribution in [0.1, 0.15) is 5.56 Å². The Hall–Kier alpha value is -0.710. The summed E-state index contributed by atoms with van der Waals surface area (Å²) in [5.74, 6) is 0.838. The first-order chi connectivity index (χ1) is 9.10. The zero-order valence-electron chi connectivity index (χ0n) is 10.2. The number of rotatable bonds is 4. The van der Waals surface area contributed by atoms with E-state index in [0.717, 1.165) is 25.9 Å². The average molecular weight is 406 g/mol. The van der Waals surface area contributed by atoms with E-state index in [1.807, 2.05) is 36.4 Å². The fourth-order valence-corrected chi connectivity index (χ4v) is 2.58. The topological polar surface area (TPSA) is 21.3 Å². The van der Waals surface area contributed by atoms with E-state index in [2.05, 4.69) is 37.2 Å². The lowest BCUT2D eigenvalue weighted by Gasteiger charge is -2.11. The summed E-state index contributed by atoms with van der Waals surface area (Å²) in [6.07, 6.45) is 0. The Morgan fingerprint density at radius 2 is 1.84 bits per heavy atom. The molecule has 0 saturated heterocycles. The van der Waals surface area contributed by atoms with Crippen molar-refractivity contribution in [2.75, 3.05) is 12.4 Å². The quantitative estimate of drug-likeness (QED) is 0.727. The molecule has 0 heterocycles. The smallest absolute Gasteiger partial charge is 0.119 e. The van der Waals surface area contributed by atoms with Crippen molar-refractivity contribution in [2.24, 2.45) is 0 Å². The third-order valence-corrected chi connectivity index (χ3v) is 4.35. The van der Waals surface area contributed by atoms with Crippen molar-refractivity contribution >= 4 is 49.1 Å². The molecule has 100 valence electrons. The molecule has 0 aliphatic heterocycles. The van der Waals surface area contributed by atoms with E-state index in [0.29, 0.717) is 11.6 Å². The number of methoxy groups -OCH3 is 1. The SMILES string of the molecule is COc1ccc(Br)c(CNc2cc(Cl)ccc2Br)c1. The minimum atomic E-state index is 0.677. The van der Waals surface area contributed by atoms with Crippen LogP contribution < -0.4 is 10.1 Å². The van der Waals surface area contributed by atoms with Crippen LogP contribution in [0.25, 0.3) is 0 Å². The van der Waals surface area contributed by atoms with Gasteiger partial charge in [0.15, 0.2) is 0 Å². The normalized spacial score (nSPS) is 10.3. The molecule has 0 saturated carbocycles. The number of hydrogen-bond acceptors (Lipinski definition) is 2. The number of nitrogens with one attached hydrogen (secondary N) is 1. The number of halogens is 3. The minimum Gasteiger partial charge on any atom is -0.497 e. The molecule has 2 rings (SSSR count). The van der Waals surface area contributed by atoms with Crippen molar-refractivity contribution in [1.82, 2.24) is 0 Å². The van der Waals surface area contributed by atoms with Crippen LogP contribution in [0.3, 0.4) is 0 Å². The molecule has 1 N–H and O–H groups in total. The highest BCUT2D eigenvalue weighted by molar-refractivity contribution is 9.10. The Morgan fingerprint density at radius 3 is 2.58 bits per heavy atom. The van der Waals surface area contributed by atoms with Crippen LogP contribution in [0.2, 0.25) is 5.02 Å². The standard InChI is InChI=1S/C14H12Br2ClNO/c1-19-11-3-5-12(15)9(6-11)8-18-14-7-10(17)2-4-13(14)16/h2-7,18H,8H2,1H3. The third-order valence-electron chi connectivity index (χ3n) is 2.65. The summed E-state index contributed by atoms with van der Waals surface area (Å²) in [5.41, 5.74) is 2.08. The third kappa shape index (κ3) is 3.88. The van der Waals surface area contributed by atoms with Crippen molar-refractivity contribution in [3.05, 3.63) is 55.9 Å². The Kier molecular flexibility index (Phi) is 5.13. The Labute approximate surface area is 134 Å². The summed E-state index contributed by atoms with van der Waals surface area (Å²) < 4.78 is 7.25. The summed E-state index contributed by atoms with van der Waals surface area (Å²) in [6, 6.07) is 11.5. The highest BCUT2D eigenvalue weighted by Gasteiger charge is 2.04. The highest BCUT2D eigenvalue weighted by atomic mass is 79.9. The van der Waals surface area contributed by atoms with E-state index in [9.17, 15) is 0 Å². The number of anilines is 1. The van der Waals surface area contributed by atoms with Gasteiger partial charge in [-0.15, -0.1) is 0 Å². The number of benzene rings is 2. The second-order valence-electron chi connectivity index (χ2n) is 3.94. The molecule has 0 spiro atoms. The van der Waals surface area contributed by atoms with Gasteiger partial charge in [-0.05, 0) is 57.9 Å². The molecule has 0 bridgehead atoms. The van der Waals surface area contributed by atoms with Gasteiger partial charge in [-0.25, -0.2) is 0 Å². The van der Waals surface area contributed by atoms with Gasteiger partial charge in [0.25, 0.3) is 0 Å². The Morgan fingerprint density at radius 1 is 1.11 bits per heavy atom. The van der Waals surface area contributed by atoms with Crippen molar-refractivity contribution in [3.8, 4) is 5.75 Å². The van der Waals surface area contributed by atoms with Crippen LogP contribution in [0.4, 0.5) is 5.69 Å². The van der Waals surface area contributed by atoms with Crippen LogP contribution in [-0.2, 0) is 6.54 Å². The summed E-state index contributed by atoms with van der Waals surface area (Å²) in [7, 11) is 1.66. The second kappa shape index (κ2) is 6.64. The first kappa shape index (κ1) is 14.7. The molecule has 0 aromatic heterocycles. The first-order valence-electron chi connectivity index (χ1n) is 5.61. The zero-order chi connectivity index (χ0) is 13.8. The molecule has 5 heteroatoms. The van der Waals surface area contributed by atoms with Crippen molar-refractivity contribution < 1.29 is 4.74 Å². The molecular weight excluding hydrogens is 393 g/mol. The predicted octanol–water partition coefficient (Wildman–Crippen LogP) is 5.49. The first-order valence-corrected chi connectivity index (χ1v) is 7.58. The molecule has 0 fully saturated rings. The Bertz CT molecular complexity index is 590. The summed E-state index contributed by atoms with van der Waals surface area (Å²) in [4.78, 5) is 0. The lowest BCUT2D eigenvalue weighted by Crippen LogP contribution is -2.01. The van der Waals surface area contributed by atoms with Gasteiger partial charge in [0.2, 0.25) is 0 Å². The molecule has 0 radical (unpaired) electrons. The number of ether oxygens (including phenoxy) is 1. The summed E-state index contributed by atoms with van der Waals surface area (Å²) in [5, 5.41) is 4.05. The minimum absolute atomic E-state index is 0.677. The van der Waals surface area contributed by atoms with Gasteiger partial charge in [-0.1, -0.05) is 27.5 Å². The summed E-state index contributed by atoms with van der Waals surface area (Å²) >= 11 is 13.0. The lowest BCUT2D eigenvalue weighted by atomic mass is 10.2. The van der Waals surface area contributed by atoms with Gasteiger partial charge in [0.1, 0.15) is 5.75 Å². The maximum atomic E-state index is 5.99. The Balaban J connectivity index is 2.16. The highest BCUT2D eigenvalue weighted by Crippen LogP contribution is 2.28. The fraction of sp³-hybridized carbons (Fsp3) is 0.143. The van der Waals surface area contributed by atoms with E-state index in [-0.39, 0.29) is 0 Å². The molecule has 19 heavy (non-hydrogen) atoms. The monoisotopic (exact) mass is 403 g/mol. The molecule has 2 nitrogen and oxygen atoms in total. The van der Waals surface area contributed by atoms with E-state index in [1.54, 1.807) is 7.11 Å². The lowest BCUT2D eigenvalue weighted by molar-refractivity contribution is 0.414. The largest absolute Gasteiger partial charge is 0.497 e.